The predicted octanol–water partition coefficient (Wildman–Crippen LogP) is 13.0. The quantitative estimate of drug-likeness (QED) is 0.0701. The molecule has 0 amide bonds. The van der Waals surface area contributed by atoms with E-state index in [1.54, 1.807) is 0 Å². The van der Waals surface area contributed by atoms with Gasteiger partial charge in [-0.2, -0.15) is 0 Å². The molecule has 1 unspecified atom stereocenters. The Bertz CT molecular complexity index is 498. The van der Waals surface area contributed by atoms with Crippen LogP contribution in [0.25, 0.3) is 0 Å². The van der Waals surface area contributed by atoms with Crippen molar-refractivity contribution in [2.24, 2.45) is 5.92 Å². The molecule has 0 aliphatic carbocycles. The number of nitrogens with zero attached hydrogens (tertiary/aromatic N) is 2. The van der Waals surface area contributed by atoms with Gasteiger partial charge in [0.1, 0.15) is 0 Å². The average molecular weight is 591 g/mol. The van der Waals surface area contributed by atoms with Gasteiger partial charge < -0.3 is 9.80 Å². The number of hydrogen-bond donors (Lipinski definition) is 0. The molecule has 1 heterocycles. The van der Waals surface area contributed by atoms with E-state index >= 15 is 0 Å². The van der Waals surface area contributed by atoms with Crippen LogP contribution in [0.5, 0.6) is 0 Å². The maximum absolute atomic E-state index is 2.85. The van der Waals surface area contributed by atoms with Gasteiger partial charge >= 0.3 is 0 Å². The molecule has 0 aromatic rings. The standard InChI is InChI=1S/C40H82N2/c1-4-7-10-13-16-19-21-24-27-30-33-40(32-29-26-23-18-15-12-9-6-3)39-42-37-35-41(36-38-42)34-31-28-25-22-20-17-14-11-8-5-2/h40H,4-39H2,1-3H3. The van der Waals surface area contributed by atoms with Crippen molar-refractivity contribution in [2.75, 3.05) is 39.3 Å². The SMILES string of the molecule is CCCCCCCCCCCCC(CCCCCCCCCC)CN1CCN(CCCCCCCCCCCC)CC1. The van der Waals surface area contributed by atoms with Crippen molar-refractivity contribution in [1.29, 1.82) is 0 Å². The van der Waals surface area contributed by atoms with Gasteiger partial charge in [0.15, 0.2) is 0 Å². The van der Waals surface area contributed by atoms with Gasteiger partial charge in [0.05, 0.1) is 0 Å². The molecule has 0 spiro atoms. The van der Waals surface area contributed by atoms with Crippen molar-refractivity contribution in [3.05, 3.63) is 0 Å². The first kappa shape index (κ1) is 39.9. The number of unbranched alkanes of at least 4 members (excludes halogenated alkanes) is 25. The Morgan fingerprint density at radius 3 is 0.976 bits per heavy atom. The fourth-order valence-corrected chi connectivity index (χ4v) is 7.20. The summed E-state index contributed by atoms with van der Waals surface area (Å²) >= 11 is 0. The van der Waals surface area contributed by atoms with E-state index in [1.807, 2.05) is 0 Å². The Labute approximate surface area is 267 Å². The summed E-state index contributed by atoms with van der Waals surface area (Å²) in [6.45, 7) is 15.0. The largest absolute Gasteiger partial charge is 0.301 e. The summed E-state index contributed by atoms with van der Waals surface area (Å²) in [4.78, 5) is 5.62. The van der Waals surface area contributed by atoms with E-state index in [0.29, 0.717) is 0 Å². The lowest BCUT2D eigenvalue weighted by Crippen LogP contribution is -2.47. The first-order valence-corrected chi connectivity index (χ1v) is 20.2. The molecule has 0 radical (unpaired) electrons. The summed E-state index contributed by atoms with van der Waals surface area (Å²) in [5, 5.41) is 0. The number of hydrogen-bond acceptors (Lipinski definition) is 2. The molecule has 1 atom stereocenters. The highest BCUT2D eigenvalue weighted by Crippen LogP contribution is 2.22. The lowest BCUT2D eigenvalue weighted by atomic mass is 9.93. The summed E-state index contributed by atoms with van der Waals surface area (Å²) < 4.78 is 0. The molecule has 1 saturated heterocycles. The summed E-state index contributed by atoms with van der Waals surface area (Å²) in [6, 6.07) is 0. The Morgan fingerprint density at radius 1 is 0.333 bits per heavy atom. The molecule has 2 nitrogen and oxygen atoms in total. The molecule has 0 aromatic heterocycles. The van der Waals surface area contributed by atoms with Gasteiger partial charge in [-0.1, -0.05) is 194 Å². The highest BCUT2D eigenvalue weighted by molar-refractivity contribution is 4.75. The maximum Gasteiger partial charge on any atom is 0.0110 e. The lowest BCUT2D eigenvalue weighted by Gasteiger charge is -2.36. The second kappa shape index (κ2) is 32.3. The van der Waals surface area contributed by atoms with Crippen LogP contribution in [0.1, 0.15) is 213 Å². The molecule has 2 heteroatoms. The van der Waals surface area contributed by atoms with Crippen LogP contribution in [-0.2, 0) is 0 Å². The normalized spacial score (nSPS) is 15.5. The molecule has 252 valence electrons. The van der Waals surface area contributed by atoms with Crippen molar-refractivity contribution < 1.29 is 0 Å². The minimum Gasteiger partial charge on any atom is -0.301 e. The van der Waals surface area contributed by atoms with Gasteiger partial charge in [-0.05, 0) is 31.7 Å². The molecular weight excluding hydrogens is 508 g/mol. The van der Waals surface area contributed by atoms with E-state index in [4.69, 9.17) is 0 Å². The Balaban J connectivity index is 2.18. The van der Waals surface area contributed by atoms with Crippen LogP contribution in [0.15, 0.2) is 0 Å². The van der Waals surface area contributed by atoms with Crippen molar-refractivity contribution in [1.82, 2.24) is 9.80 Å². The molecule has 0 aromatic carbocycles. The molecule has 0 bridgehead atoms. The third-order valence-electron chi connectivity index (χ3n) is 10.2. The topological polar surface area (TPSA) is 6.48 Å². The van der Waals surface area contributed by atoms with E-state index in [-0.39, 0.29) is 0 Å². The fraction of sp³-hybridized carbons (Fsp3) is 1.00. The van der Waals surface area contributed by atoms with Gasteiger partial charge in [0, 0.05) is 32.7 Å². The maximum atomic E-state index is 2.85. The zero-order valence-corrected chi connectivity index (χ0v) is 29.9. The van der Waals surface area contributed by atoms with Crippen LogP contribution in [0.4, 0.5) is 0 Å². The van der Waals surface area contributed by atoms with E-state index in [1.165, 1.54) is 232 Å². The van der Waals surface area contributed by atoms with Crippen LogP contribution in [0.3, 0.4) is 0 Å². The summed E-state index contributed by atoms with van der Waals surface area (Å²) in [5.41, 5.74) is 0. The van der Waals surface area contributed by atoms with Gasteiger partial charge in [-0.15, -0.1) is 0 Å². The molecule has 1 rings (SSSR count). The average Bonchev–Trinajstić information content (AvgIpc) is 3.01. The van der Waals surface area contributed by atoms with Crippen LogP contribution in [0, 0.1) is 5.92 Å². The van der Waals surface area contributed by atoms with Crippen molar-refractivity contribution >= 4 is 0 Å². The minimum absolute atomic E-state index is 0.952. The molecule has 1 fully saturated rings. The molecule has 1 aliphatic rings. The van der Waals surface area contributed by atoms with E-state index in [2.05, 4.69) is 30.6 Å². The molecule has 42 heavy (non-hydrogen) atoms. The second-order valence-electron chi connectivity index (χ2n) is 14.4. The van der Waals surface area contributed by atoms with Crippen molar-refractivity contribution in [2.45, 2.75) is 213 Å². The van der Waals surface area contributed by atoms with Crippen LogP contribution < -0.4 is 0 Å². The van der Waals surface area contributed by atoms with Gasteiger partial charge in [-0.3, -0.25) is 0 Å². The van der Waals surface area contributed by atoms with Crippen LogP contribution in [0.2, 0.25) is 0 Å². The fourth-order valence-electron chi connectivity index (χ4n) is 7.20. The summed E-state index contributed by atoms with van der Waals surface area (Å²) in [7, 11) is 0. The summed E-state index contributed by atoms with van der Waals surface area (Å²) in [5.74, 6) is 0.952. The molecule has 1 aliphatic heterocycles. The Kier molecular flexibility index (Phi) is 30.7. The number of rotatable bonds is 33. The second-order valence-corrected chi connectivity index (χ2v) is 14.4. The zero-order valence-electron chi connectivity index (χ0n) is 29.9. The number of piperazine rings is 1. The third kappa shape index (κ3) is 26.3. The van der Waals surface area contributed by atoms with E-state index in [9.17, 15) is 0 Å². The molecule has 0 saturated carbocycles. The molecular formula is C40H82N2. The van der Waals surface area contributed by atoms with E-state index in [0.717, 1.165) is 5.92 Å². The first-order valence-electron chi connectivity index (χ1n) is 20.2. The third-order valence-corrected chi connectivity index (χ3v) is 10.2. The Hall–Kier alpha value is -0.0800. The highest BCUT2D eigenvalue weighted by atomic mass is 15.3. The zero-order chi connectivity index (χ0) is 30.2. The Morgan fingerprint density at radius 2 is 0.619 bits per heavy atom. The van der Waals surface area contributed by atoms with Gasteiger partial charge in [0.2, 0.25) is 0 Å². The smallest absolute Gasteiger partial charge is 0.0110 e. The monoisotopic (exact) mass is 591 g/mol. The van der Waals surface area contributed by atoms with Crippen molar-refractivity contribution in [3.63, 3.8) is 0 Å². The first-order chi connectivity index (χ1) is 20.8. The predicted molar refractivity (Wildman–Crippen MR) is 192 cm³/mol. The van der Waals surface area contributed by atoms with E-state index < -0.39 is 0 Å². The minimum atomic E-state index is 0.952. The van der Waals surface area contributed by atoms with Crippen LogP contribution >= 0.6 is 0 Å². The van der Waals surface area contributed by atoms with Gasteiger partial charge in [0.25, 0.3) is 0 Å². The van der Waals surface area contributed by atoms with Crippen LogP contribution in [-0.4, -0.2) is 49.1 Å². The lowest BCUT2D eigenvalue weighted by molar-refractivity contribution is 0.111. The summed E-state index contributed by atoms with van der Waals surface area (Å²) in [6.07, 6.45) is 43.8. The molecule has 0 N–H and O–H groups in total. The van der Waals surface area contributed by atoms with Gasteiger partial charge in [-0.25, -0.2) is 0 Å². The van der Waals surface area contributed by atoms with Crippen molar-refractivity contribution in [3.8, 4) is 0 Å². The highest BCUT2D eigenvalue weighted by Gasteiger charge is 2.20.